The summed E-state index contributed by atoms with van der Waals surface area (Å²) < 4.78 is 8.03. The molecule has 0 amide bonds. The summed E-state index contributed by atoms with van der Waals surface area (Å²) in [5.41, 5.74) is 22.0. The van der Waals surface area contributed by atoms with Crippen LogP contribution in [0.4, 0.5) is 0 Å². The lowest BCUT2D eigenvalue weighted by molar-refractivity contribution is 0.590. The van der Waals surface area contributed by atoms with Crippen LogP contribution in [0.3, 0.4) is 0 Å². The molecule has 0 fully saturated rings. The number of nitrogens with zero attached hydrogens (tertiary/aromatic N) is 3. The Morgan fingerprint density at radius 2 is 0.692 bits per heavy atom. The Morgan fingerprint density at radius 1 is 0.282 bits per heavy atom. The first-order chi connectivity index (χ1) is 36.9. The third kappa shape index (κ3) is 6.41. The number of aromatic nitrogens is 3. The molecule has 2 aliphatic rings. The van der Waals surface area contributed by atoms with Crippen LogP contribution in [0.5, 0.6) is 0 Å². The molecule has 3 aromatic heterocycles. The van der Waals surface area contributed by atoms with Crippen LogP contribution in [0.2, 0.25) is 0 Å². The molecule has 13 aromatic rings. The van der Waals surface area contributed by atoms with Gasteiger partial charge >= 0.3 is 0 Å². The van der Waals surface area contributed by atoms with Gasteiger partial charge in [-0.2, -0.15) is 0 Å². The second-order valence-corrected chi connectivity index (χ2v) is 28.7. The molecular formula is C74H70BN3. The third-order valence-electron chi connectivity index (χ3n) is 18.5. The van der Waals surface area contributed by atoms with Crippen molar-refractivity contribution >= 4 is 121 Å². The maximum Gasteiger partial charge on any atom is 0.252 e. The molecule has 3 nitrogen and oxygen atoms in total. The van der Waals surface area contributed by atoms with E-state index in [9.17, 15) is 0 Å². The van der Waals surface area contributed by atoms with Crippen molar-refractivity contribution in [2.45, 2.75) is 131 Å². The molecular weight excluding hydrogens is 942 g/mol. The molecule has 0 radical (unpaired) electrons. The van der Waals surface area contributed by atoms with Crippen LogP contribution in [-0.4, -0.2) is 20.4 Å². The van der Waals surface area contributed by atoms with E-state index in [0.29, 0.717) is 0 Å². The van der Waals surface area contributed by atoms with E-state index < -0.39 is 0 Å². The standard InChI is InChI=1S/C74H70BN3/c1-70(2,3)41-25-29-59-52(32-41)53-33-42(71(4,5)6)26-30-60(53)76(59)46-38-63-67-64(39-46)78-62-37-44(73(10,11)12)24-28-51(62)66-65-50-23-19-18-21-48(50)47-20-16-17-22-49(47)55(65)40-58(69(66)78)75(67)57-36-45(74(13,14)15)35-56-54-34-43(72(7,8)9)27-31-61(54)77(63)68(56)57/h16-40H,1-15H3. The van der Waals surface area contributed by atoms with Crippen LogP contribution in [0.15, 0.2) is 152 Å². The van der Waals surface area contributed by atoms with Crippen molar-refractivity contribution in [2.24, 2.45) is 0 Å². The van der Waals surface area contributed by atoms with Gasteiger partial charge in [-0.25, -0.2) is 0 Å². The summed E-state index contributed by atoms with van der Waals surface area (Å²) in [6, 6.07) is 60.7. The average molecular weight is 1010 g/mol. The van der Waals surface area contributed by atoms with Crippen molar-refractivity contribution in [1.82, 2.24) is 13.7 Å². The van der Waals surface area contributed by atoms with E-state index in [0.717, 1.165) is 0 Å². The molecule has 0 saturated heterocycles. The number of rotatable bonds is 1. The first kappa shape index (κ1) is 47.6. The molecule has 5 heterocycles. The quantitative estimate of drug-likeness (QED) is 0.115. The highest BCUT2D eigenvalue weighted by molar-refractivity contribution is 7.00. The number of hydrogen-bond donors (Lipinski definition) is 0. The number of benzene rings is 10. The van der Waals surface area contributed by atoms with Crippen molar-refractivity contribution in [3.05, 3.63) is 179 Å². The fraction of sp³-hybridized carbons (Fsp3) is 0.270. The Morgan fingerprint density at radius 3 is 1.22 bits per heavy atom. The van der Waals surface area contributed by atoms with Crippen LogP contribution in [0, 0.1) is 0 Å². The van der Waals surface area contributed by atoms with Gasteiger partial charge in [-0.3, -0.25) is 0 Å². The van der Waals surface area contributed by atoms with Crippen LogP contribution in [0.1, 0.15) is 132 Å². The van der Waals surface area contributed by atoms with E-state index in [-0.39, 0.29) is 33.8 Å². The van der Waals surface area contributed by atoms with Crippen LogP contribution in [-0.2, 0) is 27.1 Å². The van der Waals surface area contributed by atoms with Gasteiger partial charge in [-0.05, 0) is 159 Å². The summed E-state index contributed by atoms with van der Waals surface area (Å²) >= 11 is 0. The lowest BCUT2D eigenvalue weighted by Gasteiger charge is -2.35. The molecule has 384 valence electrons. The second kappa shape index (κ2) is 15.2. The average Bonchev–Trinajstić information content (AvgIpc) is 3.03. The zero-order chi connectivity index (χ0) is 54.2. The lowest BCUT2D eigenvalue weighted by atomic mass is 9.34. The molecule has 10 aromatic carbocycles. The minimum absolute atomic E-state index is 0.00879. The number of hydrogen-bond acceptors (Lipinski definition) is 0. The third-order valence-corrected chi connectivity index (χ3v) is 18.5. The molecule has 15 rings (SSSR count). The molecule has 0 N–H and O–H groups in total. The highest BCUT2D eigenvalue weighted by atomic mass is 15.1. The molecule has 0 spiro atoms. The Bertz CT molecular complexity index is 4780. The predicted octanol–water partition coefficient (Wildman–Crippen LogP) is 18.1. The van der Waals surface area contributed by atoms with Gasteiger partial charge < -0.3 is 13.7 Å². The maximum absolute atomic E-state index is 2.74. The predicted molar refractivity (Wildman–Crippen MR) is 340 cm³/mol. The monoisotopic (exact) mass is 1010 g/mol. The highest BCUT2D eigenvalue weighted by Crippen LogP contribution is 2.48. The Hall–Kier alpha value is -7.56. The van der Waals surface area contributed by atoms with Gasteiger partial charge in [0, 0.05) is 54.6 Å². The maximum atomic E-state index is 2.74. The van der Waals surface area contributed by atoms with Crippen molar-refractivity contribution in [1.29, 1.82) is 0 Å². The molecule has 0 aliphatic carbocycles. The second-order valence-electron chi connectivity index (χ2n) is 28.7. The summed E-state index contributed by atoms with van der Waals surface area (Å²) in [6.45, 7) is 35.3. The van der Waals surface area contributed by atoms with Crippen molar-refractivity contribution in [3.63, 3.8) is 0 Å². The Labute approximate surface area is 459 Å². The zero-order valence-corrected chi connectivity index (χ0v) is 48.4. The van der Waals surface area contributed by atoms with E-state index in [4.69, 9.17) is 0 Å². The Kier molecular flexibility index (Phi) is 9.27. The molecule has 0 saturated carbocycles. The topological polar surface area (TPSA) is 14.8 Å². The SMILES string of the molecule is CC(C)(C)c1ccc2c(c1)c1cc(C(C)(C)C)ccc1n2-c1cc2c3c(c1)-n1c4cc(C(C)(C)C)ccc4c4c5c6ccccc6c6ccccc6c5cc(c41)B3c1cc(C(C)(C)C)cc3c4cc(C(C)(C)C)ccc4n-2c13. The van der Waals surface area contributed by atoms with Gasteiger partial charge in [0.1, 0.15) is 0 Å². The lowest BCUT2D eigenvalue weighted by Crippen LogP contribution is -2.59. The summed E-state index contributed by atoms with van der Waals surface area (Å²) in [5, 5.41) is 15.8. The minimum Gasteiger partial charge on any atom is -0.310 e. The first-order valence-corrected chi connectivity index (χ1v) is 28.6. The van der Waals surface area contributed by atoms with Crippen molar-refractivity contribution in [2.75, 3.05) is 0 Å². The van der Waals surface area contributed by atoms with E-state index in [1.807, 2.05) is 0 Å². The van der Waals surface area contributed by atoms with Gasteiger partial charge in [0.15, 0.2) is 0 Å². The zero-order valence-electron chi connectivity index (χ0n) is 48.4. The molecule has 4 heteroatoms. The summed E-state index contributed by atoms with van der Waals surface area (Å²) in [7, 11) is 0. The minimum atomic E-state index is -0.0926. The fourth-order valence-electron chi connectivity index (χ4n) is 14.2. The molecule has 78 heavy (non-hydrogen) atoms. The van der Waals surface area contributed by atoms with Gasteiger partial charge in [0.05, 0.1) is 33.3 Å². The molecule has 0 bridgehead atoms. The first-order valence-electron chi connectivity index (χ1n) is 28.6. The summed E-state index contributed by atoms with van der Waals surface area (Å²) in [5.74, 6) is 0. The van der Waals surface area contributed by atoms with Crippen LogP contribution < -0.4 is 16.4 Å². The summed E-state index contributed by atoms with van der Waals surface area (Å²) in [6.07, 6.45) is 0. The number of fused-ring (bicyclic) bond motifs is 20. The molecule has 2 aliphatic heterocycles. The van der Waals surface area contributed by atoms with E-state index >= 15 is 0 Å². The van der Waals surface area contributed by atoms with Gasteiger partial charge in [-0.15, -0.1) is 0 Å². The fourth-order valence-corrected chi connectivity index (χ4v) is 14.2. The van der Waals surface area contributed by atoms with Gasteiger partial charge in [0.25, 0.3) is 6.71 Å². The van der Waals surface area contributed by atoms with Crippen LogP contribution in [0.25, 0.3) is 115 Å². The smallest absolute Gasteiger partial charge is 0.252 e. The largest absolute Gasteiger partial charge is 0.310 e. The van der Waals surface area contributed by atoms with Gasteiger partial charge in [-0.1, -0.05) is 195 Å². The molecule has 0 atom stereocenters. The van der Waals surface area contributed by atoms with E-state index in [1.165, 1.54) is 159 Å². The normalized spacial score (nSPS) is 14.1. The Balaban J connectivity index is 1.20. The van der Waals surface area contributed by atoms with E-state index in [1.54, 1.807) is 0 Å². The van der Waals surface area contributed by atoms with Crippen molar-refractivity contribution in [3.8, 4) is 17.1 Å². The van der Waals surface area contributed by atoms with Crippen molar-refractivity contribution < 1.29 is 0 Å². The molecule has 0 unspecified atom stereocenters. The van der Waals surface area contributed by atoms with Gasteiger partial charge in [0.2, 0.25) is 0 Å². The summed E-state index contributed by atoms with van der Waals surface area (Å²) in [4.78, 5) is 0. The van der Waals surface area contributed by atoms with Crippen LogP contribution >= 0.6 is 0 Å². The highest BCUT2D eigenvalue weighted by Gasteiger charge is 2.43. The van der Waals surface area contributed by atoms with E-state index in [2.05, 4.69) is 269 Å².